The smallest absolute Gasteiger partial charge is 0.205 e. The fraction of sp³-hybridized carbons (Fsp3) is 0.842. The number of anilines is 1. The third-order valence-electron chi connectivity index (χ3n) is 3.85. The van der Waals surface area contributed by atoms with Gasteiger partial charge in [0, 0.05) is 11.3 Å². The number of nitrogens with one attached hydrogen (secondary N) is 2. The Morgan fingerprint density at radius 3 is 2.04 bits per heavy atom. The Kier molecular flexibility index (Phi) is 11.4. The molecule has 25 heavy (non-hydrogen) atoms. The summed E-state index contributed by atoms with van der Waals surface area (Å²) in [5, 5.41) is 4.09. The molecule has 6 heteroatoms. The van der Waals surface area contributed by atoms with E-state index in [4.69, 9.17) is 12.2 Å². The van der Waals surface area contributed by atoms with Crippen molar-refractivity contribution in [3.8, 4) is 0 Å². The monoisotopic (exact) mass is 384 g/mol. The molecule has 0 aliphatic rings. The zero-order chi connectivity index (χ0) is 18.5. The van der Waals surface area contributed by atoms with Gasteiger partial charge in [-0.2, -0.15) is 9.97 Å². The Balaban J connectivity index is 2.15. The van der Waals surface area contributed by atoms with Crippen molar-refractivity contribution in [2.75, 3.05) is 11.1 Å². The lowest BCUT2D eigenvalue weighted by Gasteiger charge is -2.20. The average molecular weight is 385 g/mol. The second-order valence-electron chi connectivity index (χ2n) is 7.69. The van der Waals surface area contributed by atoms with Crippen molar-refractivity contribution in [2.24, 2.45) is 0 Å². The van der Waals surface area contributed by atoms with Crippen LogP contribution in [0.4, 0.5) is 5.95 Å². The largest absolute Gasteiger partial charge is 0.351 e. The molecule has 1 aromatic rings. The van der Waals surface area contributed by atoms with E-state index in [-0.39, 0.29) is 5.54 Å². The maximum absolute atomic E-state index is 5.20. The number of thioether (sulfide) groups is 1. The first-order chi connectivity index (χ1) is 11.9. The zero-order valence-corrected chi connectivity index (χ0v) is 18.1. The van der Waals surface area contributed by atoms with Crippen molar-refractivity contribution in [1.29, 1.82) is 0 Å². The van der Waals surface area contributed by atoms with E-state index in [0.717, 1.165) is 10.9 Å². The SMILES string of the molecule is CCCCCCCCCCCCSc1nc(NC(C)(C)C)[nH]c(=S)n1. The summed E-state index contributed by atoms with van der Waals surface area (Å²) in [7, 11) is 0. The third kappa shape index (κ3) is 12.4. The van der Waals surface area contributed by atoms with E-state index < -0.39 is 0 Å². The van der Waals surface area contributed by atoms with Gasteiger partial charge >= 0.3 is 0 Å². The second kappa shape index (κ2) is 12.7. The number of unbranched alkanes of at least 4 members (excludes halogenated alkanes) is 9. The summed E-state index contributed by atoms with van der Waals surface area (Å²) in [6, 6.07) is 0. The van der Waals surface area contributed by atoms with Crippen LogP contribution >= 0.6 is 24.0 Å². The molecule has 0 aromatic carbocycles. The van der Waals surface area contributed by atoms with E-state index in [1.54, 1.807) is 11.8 Å². The number of hydrogen-bond donors (Lipinski definition) is 2. The molecule has 1 heterocycles. The predicted molar refractivity (Wildman–Crippen MR) is 113 cm³/mol. The van der Waals surface area contributed by atoms with Gasteiger partial charge in [-0.05, 0) is 39.4 Å². The van der Waals surface area contributed by atoms with Gasteiger partial charge in [-0.1, -0.05) is 76.5 Å². The van der Waals surface area contributed by atoms with Crippen LogP contribution in [0.3, 0.4) is 0 Å². The maximum atomic E-state index is 5.20. The Bertz CT molecular complexity index is 523. The molecule has 0 aliphatic carbocycles. The number of rotatable bonds is 13. The summed E-state index contributed by atoms with van der Waals surface area (Å²) in [6.45, 7) is 8.57. The van der Waals surface area contributed by atoms with Gasteiger partial charge in [0.2, 0.25) is 10.7 Å². The number of aromatic nitrogens is 3. The molecule has 1 rings (SSSR count). The van der Waals surface area contributed by atoms with Crippen LogP contribution < -0.4 is 5.32 Å². The van der Waals surface area contributed by atoms with E-state index in [2.05, 4.69) is 48.0 Å². The molecule has 2 N–H and O–H groups in total. The summed E-state index contributed by atoms with van der Waals surface area (Å²) in [4.78, 5) is 11.9. The van der Waals surface area contributed by atoms with Gasteiger partial charge < -0.3 is 10.3 Å². The van der Waals surface area contributed by atoms with E-state index >= 15 is 0 Å². The molecule has 1 aromatic heterocycles. The van der Waals surface area contributed by atoms with Gasteiger partial charge in [-0.3, -0.25) is 0 Å². The van der Waals surface area contributed by atoms with Crippen LogP contribution in [0, 0.1) is 4.77 Å². The standard InChI is InChI=1S/C19H36N4S2/c1-5-6-7-8-9-10-11-12-13-14-15-25-18-21-16(20-17(24)22-18)23-19(2,3)4/h5-15H2,1-4H3,(H2,20,21,22,23,24). The Hall–Kier alpha value is -0.620. The van der Waals surface area contributed by atoms with Crippen LogP contribution in [0.25, 0.3) is 0 Å². The minimum absolute atomic E-state index is 0.0505. The minimum Gasteiger partial charge on any atom is -0.351 e. The fourth-order valence-electron chi connectivity index (χ4n) is 2.60. The highest BCUT2D eigenvalue weighted by Crippen LogP contribution is 2.18. The van der Waals surface area contributed by atoms with E-state index in [1.165, 1.54) is 64.2 Å². The van der Waals surface area contributed by atoms with Crippen molar-refractivity contribution >= 4 is 29.9 Å². The Morgan fingerprint density at radius 2 is 1.48 bits per heavy atom. The van der Waals surface area contributed by atoms with Gasteiger partial charge in [0.1, 0.15) is 0 Å². The molecule has 0 fully saturated rings. The normalized spacial score (nSPS) is 11.7. The van der Waals surface area contributed by atoms with Crippen LogP contribution in [-0.4, -0.2) is 26.2 Å². The van der Waals surface area contributed by atoms with Crippen LogP contribution in [-0.2, 0) is 0 Å². The van der Waals surface area contributed by atoms with Crippen molar-refractivity contribution < 1.29 is 0 Å². The number of aromatic amines is 1. The lowest BCUT2D eigenvalue weighted by Crippen LogP contribution is -2.27. The lowest BCUT2D eigenvalue weighted by molar-refractivity contribution is 0.563. The van der Waals surface area contributed by atoms with Gasteiger partial charge in [-0.15, -0.1) is 0 Å². The molecule has 0 atom stereocenters. The fourth-order valence-corrected chi connectivity index (χ4v) is 3.68. The molecular formula is C19H36N4S2. The molecule has 0 saturated carbocycles. The van der Waals surface area contributed by atoms with Gasteiger partial charge in [0.25, 0.3) is 0 Å². The summed E-state index contributed by atoms with van der Waals surface area (Å²) in [5.41, 5.74) is -0.0505. The van der Waals surface area contributed by atoms with Crippen molar-refractivity contribution in [2.45, 2.75) is 103 Å². The third-order valence-corrected chi connectivity index (χ3v) is 4.98. The Labute approximate surface area is 163 Å². The van der Waals surface area contributed by atoms with E-state index in [0.29, 0.717) is 10.7 Å². The number of hydrogen-bond acceptors (Lipinski definition) is 5. The van der Waals surface area contributed by atoms with Crippen molar-refractivity contribution in [3.05, 3.63) is 4.77 Å². The number of nitrogens with zero attached hydrogens (tertiary/aromatic N) is 2. The molecule has 0 unspecified atom stereocenters. The molecule has 0 saturated heterocycles. The van der Waals surface area contributed by atoms with Gasteiger partial charge in [-0.25, -0.2) is 0 Å². The first-order valence-corrected chi connectivity index (χ1v) is 11.2. The van der Waals surface area contributed by atoms with E-state index in [1.807, 2.05) is 0 Å². The van der Waals surface area contributed by atoms with Gasteiger partial charge in [0.05, 0.1) is 0 Å². The molecule has 0 radical (unpaired) electrons. The number of H-pyrrole nitrogens is 1. The predicted octanol–water partition coefficient (Wildman–Crippen LogP) is 6.76. The highest BCUT2D eigenvalue weighted by atomic mass is 32.2. The molecule has 4 nitrogen and oxygen atoms in total. The minimum atomic E-state index is -0.0505. The summed E-state index contributed by atoms with van der Waals surface area (Å²) in [5.74, 6) is 1.77. The Morgan fingerprint density at radius 1 is 0.920 bits per heavy atom. The molecule has 144 valence electrons. The van der Waals surface area contributed by atoms with Crippen LogP contribution in [0.15, 0.2) is 5.16 Å². The lowest BCUT2D eigenvalue weighted by atomic mass is 10.1. The van der Waals surface area contributed by atoms with Crippen LogP contribution in [0.2, 0.25) is 0 Å². The summed E-state index contributed by atoms with van der Waals surface area (Å²) in [6.07, 6.45) is 13.6. The first kappa shape index (κ1) is 22.4. The average Bonchev–Trinajstić information content (AvgIpc) is 2.50. The van der Waals surface area contributed by atoms with Crippen molar-refractivity contribution in [1.82, 2.24) is 15.0 Å². The molecule has 0 aliphatic heterocycles. The first-order valence-electron chi connectivity index (χ1n) is 9.80. The highest BCUT2D eigenvalue weighted by molar-refractivity contribution is 7.99. The molecular weight excluding hydrogens is 348 g/mol. The molecule has 0 spiro atoms. The maximum Gasteiger partial charge on any atom is 0.205 e. The van der Waals surface area contributed by atoms with Crippen LogP contribution in [0.5, 0.6) is 0 Å². The molecule has 0 bridgehead atoms. The van der Waals surface area contributed by atoms with Crippen LogP contribution in [0.1, 0.15) is 91.9 Å². The van der Waals surface area contributed by atoms with E-state index in [9.17, 15) is 0 Å². The quantitative estimate of drug-likeness (QED) is 0.223. The molecule has 0 amide bonds. The highest BCUT2D eigenvalue weighted by Gasteiger charge is 2.11. The zero-order valence-electron chi connectivity index (χ0n) is 16.5. The second-order valence-corrected chi connectivity index (χ2v) is 9.14. The summed E-state index contributed by atoms with van der Waals surface area (Å²) < 4.78 is 0.493. The summed E-state index contributed by atoms with van der Waals surface area (Å²) >= 11 is 6.91. The van der Waals surface area contributed by atoms with Gasteiger partial charge in [0.15, 0.2) is 5.16 Å². The van der Waals surface area contributed by atoms with Crippen molar-refractivity contribution in [3.63, 3.8) is 0 Å². The topological polar surface area (TPSA) is 53.6 Å².